The molecule has 1 aliphatic heterocycles. The molecule has 31 heavy (non-hydrogen) atoms. The largest absolute Gasteiger partial charge is 0.463 e. The van der Waals surface area contributed by atoms with Crippen LogP contribution in [0.15, 0.2) is 35.0 Å². The second-order valence-corrected chi connectivity index (χ2v) is 9.07. The predicted octanol–water partition coefficient (Wildman–Crippen LogP) is 4.87. The van der Waals surface area contributed by atoms with Crippen molar-refractivity contribution < 1.29 is 14.3 Å². The number of amides is 1. The first kappa shape index (κ1) is 21.6. The first-order chi connectivity index (χ1) is 15.0. The van der Waals surface area contributed by atoms with E-state index in [1.807, 2.05) is 25.1 Å². The average Bonchev–Trinajstić information content (AvgIpc) is 3.36. The predicted molar refractivity (Wildman–Crippen MR) is 123 cm³/mol. The lowest BCUT2D eigenvalue weighted by Gasteiger charge is -2.27. The topological polar surface area (TPSA) is 73.2 Å². The number of aromatic nitrogens is 2. The molecule has 1 amide bonds. The number of ether oxygens (including phenoxy) is 1. The van der Waals surface area contributed by atoms with Crippen LogP contribution in [0.25, 0.3) is 11.0 Å². The van der Waals surface area contributed by atoms with E-state index in [0.717, 1.165) is 36.1 Å². The Labute approximate surface area is 186 Å². The second kappa shape index (κ2) is 9.22. The zero-order chi connectivity index (χ0) is 22.0. The highest BCUT2D eigenvalue weighted by molar-refractivity contribution is 7.07. The Morgan fingerprint density at radius 1 is 1.32 bits per heavy atom. The number of hydrogen-bond acceptors (Lipinski definition) is 5. The van der Waals surface area contributed by atoms with Gasteiger partial charge in [0.2, 0.25) is 0 Å². The normalized spacial score (nSPS) is 19.0. The number of rotatable bonds is 7. The summed E-state index contributed by atoms with van der Waals surface area (Å²) in [4.78, 5) is 29.5. The number of cyclic esters (lactones) is 1. The molecule has 2 aromatic heterocycles. The van der Waals surface area contributed by atoms with E-state index in [1.165, 1.54) is 5.56 Å². The third kappa shape index (κ3) is 4.66. The number of carbonyl (C=O) groups is 2. The molecule has 6 nitrogen and oxygen atoms in total. The number of nitrogens with one attached hydrogen (secondary N) is 1. The zero-order valence-corrected chi connectivity index (χ0v) is 19.1. The summed E-state index contributed by atoms with van der Waals surface area (Å²) in [6, 6.07) is 8.03. The van der Waals surface area contributed by atoms with E-state index in [9.17, 15) is 9.59 Å². The third-order valence-corrected chi connectivity index (χ3v) is 6.70. The van der Waals surface area contributed by atoms with Crippen LogP contribution in [0.2, 0.25) is 0 Å². The number of imidazole rings is 1. The quantitative estimate of drug-likeness (QED) is 0.533. The minimum Gasteiger partial charge on any atom is -0.463 e. The van der Waals surface area contributed by atoms with Gasteiger partial charge in [-0.3, -0.25) is 9.59 Å². The van der Waals surface area contributed by atoms with Gasteiger partial charge in [-0.05, 0) is 60.4 Å². The zero-order valence-electron chi connectivity index (χ0n) is 18.3. The first-order valence-electron chi connectivity index (χ1n) is 11.0. The molecule has 0 radical (unpaired) electrons. The van der Waals surface area contributed by atoms with Crippen molar-refractivity contribution in [3.8, 4) is 0 Å². The highest BCUT2D eigenvalue weighted by atomic mass is 32.1. The van der Waals surface area contributed by atoms with Crippen LogP contribution in [0.1, 0.15) is 74.2 Å². The van der Waals surface area contributed by atoms with Gasteiger partial charge in [0.25, 0.3) is 5.91 Å². The molecule has 164 valence electrons. The number of carbonyl (C=O) groups excluding carboxylic acids is 2. The first-order valence-corrected chi connectivity index (χ1v) is 11.9. The van der Waals surface area contributed by atoms with Gasteiger partial charge in [0, 0.05) is 30.5 Å². The average molecular weight is 440 g/mol. The number of hydrogen-bond donors (Lipinski definition) is 1. The summed E-state index contributed by atoms with van der Waals surface area (Å²) in [5, 5.41) is 7.24. The summed E-state index contributed by atoms with van der Waals surface area (Å²) in [5.41, 5.74) is 3.71. The van der Waals surface area contributed by atoms with Gasteiger partial charge in [0.1, 0.15) is 11.9 Å². The maximum atomic E-state index is 12.9. The Bertz CT molecular complexity index is 1070. The van der Waals surface area contributed by atoms with Gasteiger partial charge in [0.05, 0.1) is 17.5 Å². The third-order valence-electron chi connectivity index (χ3n) is 5.97. The van der Waals surface area contributed by atoms with Crippen LogP contribution in [0.5, 0.6) is 0 Å². The lowest BCUT2D eigenvalue weighted by Crippen LogP contribution is -2.43. The van der Waals surface area contributed by atoms with Crippen molar-refractivity contribution in [2.24, 2.45) is 0 Å². The fourth-order valence-corrected chi connectivity index (χ4v) is 5.10. The molecule has 0 bridgehead atoms. The van der Waals surface area contributed by atoms with Gasteiger partial charge >= 0.3 is 5.97 Å². The Hall–Kier alpha value is -2.67. The van der Waals surface area contributed by atoms with E-state index < -0.39 is 0 Å². The standard InChI is InChI=1S/C24H29N3O3S/c1-4-19(5-2)27-21-7-6-17(24(29)25-18-10-15(3)30-23(28)13-18)12-20(21)26-22(27)11-16-8-9-31-14-16/h6-9,12,14-15,18-19H,4-5,10-11,13H2,1-3H3,(H,25,29)/t15?,18-/m0/s1. The van der Waals surface area contributed by atoms with Gasteiger partial charge in [-0.2, -0.15) is 11.3 Å². The molecule has 1 fully saturated rings. The summed E-state index contributed by atoms with van der Waals surface area (Å²) in [7, 11) is 0. The highest BCUT2D eigenvalue weighted by Gasteiger charge is 2.27. The number of fused-ring (bicyclic) bond motifs is 1. The smallest absolute Gasteiger partial charge is 0.308 e. The van der Waals surface area contributed by atoms with Gasteiger partial charge in [-0.15, -0.1) is 0 Å². The molecule has 1 N–H and O–H groups in total. The summed E-state index contributed by atoms with van der Waals surface area (Å²) < 4.78 is 7.50. The molecular weight excluding hydrogens is 410 g/mol. The van der Waals surface area contributed by atoms with Crippen LogP contribution in [-0.2, 0) is 16.0 Å². The van der Waals surface area contributed by atoms with Crippen molar-refractivity contribution in [2.75, 3.05) is 0 Å². The summed E-state index contributed by atoms with van der Waals surface area (Å²) in [6.45, 7) is 6.25. The molecule has 0 aliphatic carbocycles. The minimum atomic E-state index is -0.263. The molecule has 4 rings (SSSR count). The molecule has 3 aromatic rings. The fraction of sp³-hybridized carbons (Fsp3) is 0.458. The lowest BCUT2D eigenvalue weighted by atomic mass is 10.0. The van der Waals surface area contributed by atoms with Crippen LogP contribution in [0, 0.1) is 0 Å². The van der Waals surface area contributed by atoms with E-state index in [0.29, 0.717) is 18.0 Å². The van der Waals surface area contributed by atoms with E-state index in [-0.39, 0.29) is 30.4 Å². The van der Waals surface area contributed by atoms with Crippen LogP contribution in [0.4, 0.5) is 0 Å². The van der Waals surface area contributed by atoms with Crippen molar-refractivity contribution in [1.82, 2.24) is 14.9 Å². The molecule has 2 atom stereocenters. The number of benzene rings is 1. The Balaban J connectivity index is 1.63. The second-order valence-electron chi connectivity index (χ2n) is 8.29. The van der Waals surface area contributed by atoms with Gasteiger partial charge in [0.15, 0.2) is 0 Å². The van der Waals surface area contributed by atoms with Crippen molar-refractivity contribution in [3.05, 3.63) is 52.0 Å². The summed E-state index contributed by atoms with van der Waals surface area (Å²) in [6.07, 6.45) is 3.50. The Morgan fingerprint density at radius 3 is 2.81 bits per heavy atom. The van der Waals surface area contributed by atoms with Gasteiger partial charge in [-0.25, -0.2) is 4.98 Å². The number of thiophene rings is 1. The van der Waals surface area contributed by atoms with E-state index in [1.54, 1.807) is 11.3 Å². The number of nitrogens with zero attached hydrogens (tertiary/aromatic N) is 2. The molecule has 0 spiro atoms. The van der Waals surface area contributed by atoms with Crippen LogP contribution in [0.3, 0.4) is 0 Å². The van der Waals surface area contributed by atoms with Gasteiger partial charge < -0.3 is 14.6 Å². The van der Waals surface area contributed by atoms with E-state index in [2.05, 4.69) is 40.6 Å². The van der Waals surface area contributed by atoms with E-state index >= 15 is 0 Å². The molecule has 3 heterocycles. The Morgan fingerprint density at radius 2 is 2.13 bits per heavy atom. The fourth-order valence-electron chi connectivity index (χ4n) is 4.44. The molecule has 1 unspecified atom stereocenters. The van der Waals surface area contributed by atoms with Crippen molar-refractivity contribution in [1.29, 1.82) is 0 Å². The molecule has 1 aromatic carbocycles. The Kier molecular flexibility index (Phi) is 6.41. The maximum Gasteiger partial charge on any atom is 0.308 e. The molecule has 1 saturated heterocycles. The van der Waals surface area contributed by atoms with Crippen molar-refractivity contribution in [2.45, 2.75) is 71.1 Å². The SMILES string of the molecule is CCC(CC)n1c(Cc2ccsc2)nc2cc(C(=O)N[C@@H]3CC(=O)OC(C)C3)ccc21. The molecule has 1 aliphatic rings. The van der Waals surface area contributed by atoms with Crippen molar-refractivity contribution >= 4 is 34.2 Å². The van der Waals surface area contributed by atoms with Crippen molar-refractivity contribution in [3.63, 3.8) is 0 Å². The monoisotopic (exact) mass is 439 g/mol. The van der Waals surface area contributed by atoms with Crippen LogP contribution in [-0.4, -0.2) is 33.6 Å². The molecule has 7 heteroatoms. The van der Waals surface area contributed by atoms with Gasteiger partial charge in [-0.1, -0.05) is 13.8 Å². The molecule has 0 saturated carbocycles. The lowest BCUT2D eigenvalue weighted by molar-refractivity contribution is -0.153. The minimum absolute atomic E-state index is 0.176. The van der Waals surface area contributed by atoms with Crippen LogP contribution >= 0.6 is 11.3 Å². The van der Waals surface area contributed by atoms with Crippen LogP contribution < -0.4 is 5.32 Å². The summed E-state index contributed by atoms with van der Waals surface area (Å²) in [5.74, 6) is 0.593. The number of esters is 1. The summed E-state index contributed by atoms with van der Waals surface area (Å²) >= 11 is 1.69. The highest BCUT2D eigenvalue weighted by Crippen LogP contribution is 2.28. The van der Waals surface area contributed by atoms with E-state index in [4.69, 9.17) is 9.72 Å². The molecular formula is C24H29N3O3S. The maximum absolute atomic E-state index is 12.9.